The highest BCUT2D eigenvalue weighted by atomic mass is 32.1. The number of nitrogens with zero attached hydrogens (tertiary/aromatic N) is 1. The summed E-state index contributed by atoms with van der Waals surface area (Å²) in [6.07, 6.45) is 4.48. The van der Waals surface area contributed by atoms with Crippen LogP contribution in [-0.2, 0) is 0 Å². The lowest BCUT2D eigenvalue weighted by Gasteiger charge is -2.20. The summed E-state index contributed by atoms with van der Waals surface area (Å²) in [6.45, 7) is 1.62. The lowest BCUT2D eigenvalue weighted by atomic mass is 10.1. The van der Waals surface area contributed by atoms with Crippen LogP contribution in [0.15, 0.2) is 23.0 Å². The van der Waals surface area contributed by atoms with Crippen molar-refractivity contribution in [2.45, 2.75) is 25.7 Å². The molecule has 1 amide bonds. The van der Waals surface area contributed by atoms with Crippen molar-refractivity contribution in [3.8, 4) is 0 Å². The summed E-state index contributed by atoms with van der Waals surface area (Å²) in [5.74, 6) is 0.0263. The van der Waals surface area contributed by atoms with Gasteiger partial charge in [0.25, 0.3) is 11.5 Å². The van der Waals surface area contributed by atoms with Crippen molar-refractivity contribution in [2.75, 3.05) is 13.1 Å². The molecule has 0 bridgehead atoms. The zero-order valence-electron chi connectivity index (χ0n) is 11.6. The third kappa shape index (κ3) is 2.90. The number of hydrogen-bond donors (Lipinski definition) is 2. The lowest BCUT2D eigenvalue weighted by Crippen LogP contribution is -2.31. The second-order valence-corrected chi connectivity index (χ2v) is 5.78. The van der Waals surface area contributed by atoms with Crippen LogP contribution in [0.5, 0.6) is 0 Å². The van der Waals surface area contributed by atoms with Crippen LogP contribution in [0.3, 0.4) is 0 Å². The molecule has 1 aliphatic rings. The van der Waals surface area contributed by atoms with Gasteiger partial charge in [-0.25, -0.2) is 0 Å². The van der Waals surface area contributed by atoms with Crippen LogP contribution in [0.4, 0.5) is 0 Å². The largest absolute Gasteiger partial charge is 0.339 e. The summed E-state index contributed by atoms with van der Waals surface area (Å²) < 4.78 is 0.270. The van der Waals surface area contributed by atoms with Crippen LogP contribution in [0.2, 0.25) is 0 Å². The van der Waals surface area contributed by atoms with Gasteiger partial charge in [-0.15, -0.1) is 0 Å². The van der Waals surface area contributed by atoms with Gasteiger partial charge in [0.1, 0.15) is 0 Å². The molecule has 0 saturated carbocycles. The van der Waals surface area contributed by atoms with E-state index in [1.807, 2.05) is 4.90 Å². The van der Waals surface area contributed by atoms with E-state index in [9.17, 15) is 9.59 Å². The van der Waals surface area contributed by atoms with Crippen molar-refractivity contribution in [1.82, 2.24) is 14.9 Å². The number of aromatic nitrogens is 2. The zero-order valence-corrected chi connectivity index (χ0v) is 12.5. The van der Waals surface area contributed by atoms with Crippen LogP contribution in [0.1, 0.15) is 36.0 Å². The first kappa shape index (κ1) is 14.0. The van der Waals surface area contributed by atoms with Gasteiger partial charge in [0, 0.05) is 18.7 Å². The lowest BCUT2D eigenvalue weighted by molar-refractivity contribution is 0.0762. The van der Waals surface area contributed by atoms with Gasteiger partial charge in [-0.2, -0.15) is 0 Å². The van der Waals surface area contributed by atoms with E-state index >= 15 is 0 Å². The smallest absolute Gasteiger partial charge is 0.259 e. The molecule has 1 saturated heterocycles. The van der Waals surface area contributed by atoms with Gasteiger partial charge in [-0.3, -0.25) is 14.6 Å². The standard InChI is InChI=1S/C15H17N3O2S/c19-13-11-6-5-10(9-12(11)16-15(21)17-13)14(20)18-7-3-1-2-4-8-18/h5-6,9H,1-4,7-8H2,(H2,16,17,19,21). The molecule has 1 aromatic heterocycles. The minimum absolute atomic E-state index is 0.0263. The van der Waals surface area contributed by atoms with E-state index in [2.05, 4.69) is 9.97 Å². The number of nitrogens with one attached hydrogen (secondary N) is 2. The first-order chi connectivity index (χ1) is 10.1. The molecule has 21 heavy (non-hydrogen) atoms. The Labute approximate surface area is 127 Å². The van der Waals surface area contributed by atoms with Gasteiger partial charge >= 0.3 is 0 Å². The Balaban J connectivity index is 1.98. The highest BCUT2D eigenvalue weighted by Crippen LogP contribution is 2.16. The molecule has 5 nitrogen and oxygen atoms in total. The normalized spacial score (nSPS) is 15.9. The average Bonchev–Trinajstić information content (AvgIpc) is 2.74. The number of aromatic amines is 2. The predicted octanol–water partition coefficient (Wildman–Crippen LogP) is 2.60. The van der Waals surface area contributed by atoms with Crippen LogP contribution >= 0.6 is 12.2 Å². The summed E-state index contributed by atoms with van der Waals surface area (Å²) >= 11 is 4.97. The molecule has 3 rings (SSSR count). The Bertz CT molecular complexity index is 785. The average molecular weight is 303 g/mol. The number of rotatable bonds is 1. The van der Waals surface area contributed by atoms with Gasteiger partial charge in [0.15, 0.2) is 4.77 Å². The van der Waals surface area contributed by atoms with Crippen LogP contribution < -0.4 is 5.56 Å². The molecule has 2 heterocycles. The highest BCUT2D eigenvalue weighted by Gasteiger charge is 2.17. The number of H-pyrrole nitrogens is 2. The van der Waals surface area contributed by atoms with Gasteiger partial charge in [-0.05, 0) is 43.3 Å². The molecule has 1 fully saturated rings. The number of benzene rings is 1. The summed E-state index contributed by atoms with van der Waals surface area (Å²) in [6, 6.07) is 5.10. The van der Waals surface area contributed by atoms with Crippen molar-refractivity contribution >= 4 is 29.0 Å². The van der Waals surface area contributed by atoms with E-state index < -0.39 is 0 Å². The fraction of sp³-hybridized carbons (Fsp3) is 0.400. The molecule has 110 valence electrons. The second-order valence-electron chi connectivity index (χ2n) is 5.38. The fourth-order valence-electron chi connectivity index (χ4n) is 2.76. The maximum absolute atomic E-state index is 12.6. The molecule has 2 aromatic rings. The van der Waals surface area contributed by atoms with Crippen molar-refractivity contribution in [3.05, 3.63) is 38.9 Å². The molecule has 0 spiro atoms. The Morgan fingerprint density at radius 2 is 1.81 bits per heavy atom. The molecule has 0 radical (unpaired) electrons. The minimum atomic E-state index is -0.234. The molecular formula is C15H17N3O2S. The molecule has 6 heteroatoms. The summed E-state index contributed by atoms with van der Waals surface area (Å²) in [5, 5.41) is 0.510. The van der Waals surface area contributed by atoms with Gasteiger partial charge in [-0.1, -0.05) is 12.8 Å². The van der Waals surface area contributed by atoms with E-state index in [4.69, 9.17) is 12.2 Å². The molecule has 1 aliphatic heterocycles. The topological polar surface area (TPSA) is 69.0 Å². The number of likely N-dealkylation sites (tertiary alicyclic amines) is 1. The quantitative estimate of drug-likeness (QED) is 0.796. The molecular weight excluding hydrogens is 286 g/mol. The number of carbonyl (C=O) groups excluding carboxylic acids is 1. The fourth-order valence-corrected chi connectivity index (χ4v) is 2.96. The Morgan fingerprint density at radius 1 is 1.10 bits per heavy atom. The van der Waals surface area contributed by atoms with Crippen LogP contribution in [-0.4, -0.2) is 33.9 Å². The molecule has 2 N–H and O–H groups in total. The number of amides is 1. The first-order valence-corrected chi connectivity index (χ1v) is 7.61. The number of hydrogen-bond acceptors (Lipinski definition) is 3. The van der Waals surface area contributed by atoms with Gasteiger partial charge < -0.3 is 9.88 Å². The zero-order chi connectivity index (χ0) is 14.8. The summed E-state index contributed by atoms with van der Waals surface area (Å²) in [5.41, 5.74) is 0.965. The molecule has 0 unspecified atom stereocenters. The second kappa shape index (κ2) is 5.81. The predicted molar refractivity (Wildman–Crippen MR) is 84.1 cm³/mol. The van der Waals surface area contributed by atoms with Crippen molar-refractivity contribution in [3.63, 3.8) is 0 Å². The third-order valence-corrected chi connectivity index (χ3v) is 4.08. The number of fused-ring (bicyclic) bond motifs is 1. The summed E-state index contributed by atoms with van der Waals surface area (Å²) in [7, 11) is 0. The molecule has 0 atom stereocenters. The molecule has 1 aromatic carbocycles. The van der Waals surface area contributed by atoms with Crippen LogP contribution in [0, 0.1) is 4.77 Å². The summed E-state index contributed by atoms with van der Waals surface area (Å²) in [4.78, 5) is 31.7. The van der Waals surface area contributed by atoms with Crippen molar-refractivity contribution in [2.24, 2.45) is 0 Å². The van der Waals surface area contributed by atoms with E-state index in [0.29, 0.717) is 16.5 Å². The Morgan fingerprint density at radius 3 is 2.52 bits per heavy atom. The van der Waals surface area contributed by atoms with Crippen LogP contribution in [0.25, 0.3) is 10.9 Å². The van der Waals surface area contributed by atoms with E-state index in [-0.39, 0.29) is 16.2 Å². The number of carbonyl (C=O) groups is 1. The third-order valence-electron chi connectivity index (χ3n) is 3.88. The Hall–Kier alpha value is -1.95. The monoisotopic (exact) mass is 303 g/mol. The van der Waals surface area contributed by atoms with E-state index in [0.717, 1.165) is 25.9 Å². The van der Waals surface area contributed by atoms with E-state index in [1.165, 1.54) is 12.8 Å². The maximum Gasteiger partial charge on any atom is 0.259 e. The van der Waals surface area contributed by atoms with Crippen molar-refractivity contribution in [1.29, 1.82) is 0 Å². The maximum atomic E-state index is 12.6. The highest BCUT2D eigenvalue weighted by molar-refractivity contribution is 7.71. The minimum Gasteiger partial charge on any atom is -0.339 e. The molecule has 0 aliphatic carbocycles. The first-order valence-electron chi connectivity index (χ1n) is 7.21. The SMILES string of the molecule is O=C(c1ccc2c(=O)[nH]c(=S)[nH]c2c1)N1CCCCCC1. The Kier molecular flexibility index (Phi) is 3.88. The van der Waals surface area contributed by atoms with E-state index in [1.54, 1.807) is 18.2 Å². The van der Waals surface area contributed by atoms with Gasteiger partial charge in [0.2, 0.25) is 0 Å². The van der Waals surface area contributed by atoms with Crippen molar-refractivity contribution < 1.29 is 4.79 Å². The van der Waals surface area contributed by atoms with Gasteiger partial charge in [0.05, 0.1) is 10.9 Å².